The Bertz CT molecular complexity index is 532. The molecule has 0 aliphatic heterocycles. The third kappa shape index (κ3) is 3.60. The lowest BCUT2D eigenvalue weighted by Crippen LogP contribution is -2.03. The molecule has 5 nitrogen and oxygen atoms in total. The van der Waals surface area contributed by atoms with Crippen molar-refractivity contribution in [3.63, 3.8) is 0 Å². The number of nitrogens with one attached hydrogen (secondary N) is 2. The summed E-state index contributed by atoms with van der Waals surface area (Å²) in [6.07, 6.45) is 0.799. The van der Waals surface area contributed by atoms with Gasteiger partial charge in [0.1, 0.15) is 23.2 Å². The van der Waals surface area contributed by atoms with Crippen LogP contribution in [0.25, 0.3) is 0 Å². The summed E-state index contributed by atoms with van der Waals surface area (Å²) in [5, 5.41) is 6.32. The molecule has 0 bridgehead atoms. The molecule has 0 fully saturated rings. The first-order valence-electron chi connectivity index (χ1n) is 6.80. The molecule has 2 N–H and O–H groups in total. The van der Waals surface area contributed by atoms with Crippen LogP contribution in [-0.4, -0.2) is 23.6 Å². The fraction of sp³-hybridized carbons (Fsp3) is 0.333. The molecular weight excluding hydrogens is 252 g/mol. The van der Waals surface area contributed by atoms with Crippen LogP contribution >= 0.6 is 0 Å². The summed E-state index contributed by atoms with van der Waals surface area (Å²) in [5.74, 6) is 3.27. The van der Waals surface area contributed by atoms with E-state index in [0.717, 1.165) is 35.3 Å². The molecule has 20 heavy (non-hydrogen) atoms. The van der Waals surface area contributed by atoms with Gasteiger partial charge in [0.05, 0.1) is 6.61 Å². The SMILES string of the molecule is CCOc1ccc(Nc2cc(NC)nc(CC)n2)cc1. The number of aromatic nitrogens is 2. The van der Waals surface area contributed by atoms with Gasteiger partial charge in [-0.3, -0.25) is 0 Å². The van der Waals surface area contributed by atoms with Gasteiger partial charge in [0.2, 0.25) is 0 Å². The average Bonchev–Trinajstić information content (AvgIpc) is 2.49. The van der Waals surface area contributed by atoms with E-state index < -0.39 is 0 Å². The summed E-state index contributed by atoms with van der Waals surface area (Å²) in [5.41, 5.74) is 0.969. The van der Waals surface area contributed by atoms with Gasteiger partial charge in [-0.15, -0.1) is 0 Å². The van der Waals surface area contributed by atoms with Crippen LogP contribution in [0.3, 0.4) is 0 Å². The molecule has 5 heteroatoms. The van der Waals surface area contributed by atoms with Crippen LogP contribution < -0.4 is 15.4 Å². The highest BCUT2D eigenvalue weighted by Crippen LogP contribution is 2.20. The van der Waals surface area contributed by atoms with Crippen molar-refractivity contribution in [1.82, 2.24) is 9.97 Å². The molecule has 106 valence electrons. The first-order valence-corrected chi connectivity index (χ1v) is 6.80. The molecule has 0 aliphatic carbocycles. The Kier molecular flexibility index (Phi) is 4.76. The Morgan fingerprint density at radius 2 is 1.75 bits per heavy atom. The Morgan fingerprint density at radius 3 is 2.35 bits per heavy atom. The van der Waals surface area contributed by atoms with Crippen molar-refractivity contribution >= 4 is 17.3 Å². The van der Waals surface area contributed by atoms with E-state index in [2.05, 4.69) is 20.6 Å². The minimum atomic E-state index is 0.671. The van der Waals surface area contributed by atoms with E-state index in [1.165, 1.54) is 0 Å². The van der Waals surface area contributed by atoms with Gasteiger partial charge in [-0.2, -0.15) is 0 Å². The van der Waals surface area contributed by atoms with Crippen LogP contribution in [0, 0.1) is 0 Å². The van der Waals surface area contributed by atoms with Crippen molar-refractivity contribution in [3.8, 4) is 5.75 Å². The minimum absolute atomic E-state index is 0.671. The lowest BCUT2D eigenvalue weighted by Gasteiger charge is -2.10. The number of ether oxygens (including phenoxy) is 1. The van der Waals surface area contributed by atoms with Gasteiger partial charge in [-0.25, -0.2) is 9.97 Å². The quantitative estimate of drug-likeness (QED) is 0.845. The van der Waals surface area contributed by atoms with Crippen molar-refractivity contribution in [2.24, 2.45) is 0 Å². The Hall–Kier alpha value is -2.30. The molecular formula is C15H20N4O. The second kappa shape index (κ2) is 6.75. The van der Waals surface area contributed by atoms with Crippen LogP contribution in [-0.2, 0) is 6.42 Å². The molecule has 2 aromatic rings. The van der Waals surface area contributed by atoms with Crippen molar-refractivity contribution in [3.05, 3.63) is 36.2 Å². The molecule has 0 saturated heterocycles. The van der Waals surface area contributed by atoms with Gasteiger partial charge in [0.25, 0.3) is 0 Å². The molecule has 1 heterocycles. The molecule has 0 unspecified atom stereocenters. The maximum absolute atomic E-state index is 5.42. The third-order valence-corrected chi connectivity index (χ3v) is 2.78. The highest BCUT2D eigenvalue weighted by atomic mass is 16.5. The van der Waals surface area contributed by atoms with Crippen LogP contribution in [0.1, 0.15) is 19.7 Å². The fourth-order valence-electron chi connectivity index (χ4n) is 1.80. The number of rotatable bonds is 6. The van der Waals surface area contributed by atoms with Gasteiger partial charge in [-0.1, -0.05) is 6.92 Å². The van der Waals surface area contributed by atoms with Gasteiger partial charge in [0.15, 0.2) is 0 Å². The molecule has 0 atom stereocenters. The lowest BCUT2D eigenvalue weighted by molar-refractivity contribution is 0.340. The summed E-state index contributed by atoms with van der Waals surface area (Å²) < 4.78 is 5.42. The molecule has 0 spiro atoms. The highest BCUT2D eigenvalue weighted by Gasteiger charge is 2.03. The molecule has 2 rings (SSSR count). The zero-order chi connectivity index (χ0) is 14.4. The zero-order valence-corrected chi connectivity index (χ0v) is 12.1. The molecule has 0 amide bonds. The van der Waals surface area contributed by atoms with Crippen LogP contribution in [0.5, 0.6) is 5.75 Å². The predicted octanol–water partition coefficient (Wildman–Crippen LogP) is 3.22. The topological polar surface area (TPSA) is 59.1 Å². The summed E-state index contributed by atoms with van der Waals surface area (Å²) in [6, 6.07) is 9.70. The normalized spacial score (nSPS) is 10.2. The fourth-order valence-corrected chi connectivity index (χ4v) is 1.80. The minimum Gasteiger partial charge on any atom is -0.494 e. The first kappa shape index (κ1) is 14.1. The zero-order valence-electron chi connectivity index (χ0n) is 12.1. The van der Waals surface area contributed by atoms with E-state index in [9.17, 15) is 0 Å². The summed E-state index contributed by atoms with van der Waals surface area (Å²) in [6.45, 7) is 4.68. The number of anilines is 3. The third-order valence-electron chi connectivity index (χ3n) is 2.78. The molecule has 0 saturated carbocycles. The van der Waals surface area contributed by atoms with Crippen LogP contribution in [0.2, 0.25) is 0 Å². The first-order chi connectivity index (χ1) is 9.75. The Balaban J connectivity index is 2.16. The number of aryl methyl sites for hydroxylation is 1. The number of hydrogen-bond acceptors (Lipinski definition) is 5. The Labute approximate surface area is 119 Å². The largest absolute Gasteiger partial charge is 0.494 e. The average molecular weight is 272 g/mol. The maximum atomic E-state index is 5.42. The van der Waals surface area contributed by atoms with E-state index in [1.807, 2.05) is 51.2 Å². The second-order valence-corrected chi connectivity index (χ2v) is 4.24. The van der Waals surface area contributed by atoms with E-state index in [0.29, 0.717) is 6.61 Å². The van der Waals surface area contributed by atoms with E-state index in [1.54, 1.807) is 0 Å². The van der Waals surface area contributed by atoms with Crippen molar-refractivity contribution in [1.29, 1.82) is 0 Å². The van der Waals surface area contributed by atoms with E-state index in [-0.39, 0.29) is 0 Å². The van der Waals surface area contributed by atoms with Crippen molar-refractivity contribution < 1.29 is 4.74 Å². The Morgan fingerprint density at radius 1 is 1.05 bits per heavy atom. The summed E-state index contributed by atoms with van der Waals surface area (Å²) >= 11 is 0. The molecule has 0 aliphatic rings. The number of benzene rings is 1. The second-order valence-electron chi connectivity index (χ2n) is 4.24. The van der Waals surface area contributed by atoms with Crippen LogP contribution in [0.15, 0.2) is 30.3 Å². The molecule has 1 aromatic carbocycles. The predicted molar refractivity (Wildman–Crippen MR) is 81.9 cm³/mol. The monoisotopic (exact) mass is 272 g/mol. The van der Waals surface area contributed by atoms with Gasteiger partial charge in [0, 0.05) is 25.2 Å². The van der Waals surface area contributed by atoms with E-state index >= 15 is 0 Å². The smallest absolute Gasteiger partial charge is 0.136 e. The lowest BCUT2D eigenvalue weighted by atomic mass is 10.3. The maximum Gasteiger partial charge on any atom is 0.136 e. The van der Waals surface area contributed by atoms with Crippen molar-refractivity contribution in [2.75, 3.05) is 24.3 Å². The van der Waals surface area contributed by atoms with Gasteiger partial charge >= 0.3 is 0 Å². The van der Waals surface area contributed by atoms with E-state index in [4.69, 9.17) is 4.74 Å². The standard InChI is InChI=1S/C15H20N4O/c1-4-13-18-14(16-3)10-15(19-13)17-11-6-8-12(9-7-11)20-5-2/h6-10H,4-5H2,1-3H3,(H2,16,17,18,19). The summed E-state index contributed by atoms with van der Waals surface area (Å²) in [4.78, 5) is 8.83. The summed E-state index contributed by atoms with van der Waals surface area (Å²) in [7, 11) is 1.85. The molecule has 1 aromatic heterocycles. The highest BCUT2D eigenvalue weighted by molar-refractivity contribution is 5.59. The number of nitrogens with zero attached hydrogens (tertiary/aromatic N) is 2. The van der Waals surface area contributed by atoms with Crippen molar-refractivity contribution in [2.45, 2.75) is 20.3 Å². The molecule has 0 radical (unpaired) electrons. The van der Waals surface area contributed by atoms with Gasteiger partial charge < -0.3 is 15.4 Å². The van der Waals surface area contributed by atoms with Gasteiger partial charge in [-0.05, 0) is 31.2 Å². The number of hydrogen-bond donors (Lipinski definition) is 2. The van der Waals surface area contributed by atoms with Crippen LogP contribution in [0.4, 0.5) is 17.3 Å².